The van der Waals surface area contributed by atoms with Crippen molar-refractivity contribution in [2.24, 2.45) is 0 Å². The van der Waals surface area contributed by atoms with Crippen molar-refractivity contribution in [2.75, 3.05) is 25.5 Å². The Kier molecular flexibility index (Phi) is 5.13. The predicted molar refractivity (Wildman–Crippen MR) is 103 cm³/mol. The number of rotatable bonds is 4. The molecule has 0 aliphatic carbocycles. The molecule has 8 nitrogen and oxygen atoms in total. The van der Waals surface area contributed by atoms with Gasteiger partial charge in [0.2, 0.25) is 5.91 Å². The molecule has 1 aliphatic rings. The van der Waals surface area contributed by atoms with Gasteiger partial charge in [-0.2, -0.15) is 0 Å². The minimum Gasteiger partial charge on any atom is -0.358 e. The first-order chi connectivity index (χ1) is 12.8. The van der Waals surface area contributed by atoms with Crippen LogP contribution in [0.4, 0.5) is 11.4 Å². The van der Waals surface area contributed by atoms with Gasteiger partial charge in [-0.25, -0.2) is 0 Å². The van der Waals surface area contributed by atoms with Gasteiger partial charge in [-0.15, -0.1) is 0 Å². The third-order valence-electron chi connectivity index (χ3n) is 4.48. The van der Waals surface area contributed by atoms with Gasteiger partial charge in [-0.1, -0.05) is 18.2 Å². The average Bonchev–Trinajstić information content (AvgIpc) is 2.66. The topological polar surface area (TPSA) is 95.8 Å². The van der Waals surface area contributed by atoms with E-state index in [1.807, 2.05) is 0 Å². The van der Waals surface area contributed by atoms with Crippen molar-refractivity contribution in [1.82, 2.24) is 10.2 Å². The Hall–Kier alpha value is -2.94. The molecule has 0 saturated heterocycles. The Bertz CT molecular complexity index is 933. The lowest BCUT2D eigenvalue weighted by atomic mass is 10.0. The predicted octanol–water partition coefficient (Wildman–Crippen LogP) is 2.69. The second-order valence-corrected chi connectivity index (χ2v) is 6.93. The van der Waals surface area contributed by atoms with E-state index in [4.69, 9.17) is 0 Å². The Morgan fingerprint density at radius 1 is 1.30 bits per heavy atom. The highest BCUT2D eigenvalue weighted by molar-refractivity contribution is 9.10. The molecule has 140 valence electrons. The van der Waals surface area contributed by atoms with Gasteiger partial charge in [0, 0.05) is 25.7 Å². The number of nitrogens with zero attached hydrogens (tertiary/aromatic N) is 3. The van der Waals surface area contributed by atoms with Gasteiger partial charge < -0.3 is 15.1 Å². The van der Waals surface area contributed by atoms with Crippen LogP contribution in [0.25, 0.3) is 0 Å². The zero-order chi connectivity index (χ0) is 19.7. The van der Waals surface area contributed by atoms with Gasteiger partial charge >= 0.3 is 0 Å². The maximum absolute atomic E-state index is 12.8. The third kappa shape index (κ3) is 3.37. The van der Waals surface area contributed by atoms with Gasteiger partial charge in [0.1, 0.15) is 6.17 Å². The number of nitrogens with one attached hydrogen (secondary N) is 1. The molecule has 0 radical (unpaired) electrons. The number of fused-ring (bicyclic) bond motifs is 1. The van der Waals surface area contributed by atoms with E-state index in [1.54, 1.807) is 48.3 Å². The lowest BCUT2D eigenvalue weighted by Gasteiger charge is -2.43. The van der Waals surface area contributed by atoms with Gasteiger partial charge in [-0.05, 0) is 34.1 Å². The summed E-state index contributed by atoms with van der Waals surface area (Å²) in [6, 6.07) is 11.7. The molecule has 1 N–H and O–H groups in total. The average molecular weight is 433 g/mol. The fourth-order valence-corrected chi connectivity index (χ4v) is 3.58. The summed E-state index contributed by atoms with van der Waals surface area (Å²) in [5.74, 6) is -0.446. The number of amides is 2. The summed E-state index contributed by atoms with van der Waals surface area (Å²) in [4.78, 5) is 39.0. The zero-order valence-corrected chi connectivity index (χ0v) is 16.3. The molecule has 1 aliphatic heterocycles. The number of hydrogen-bond acceptors (Lipinski definition) is 5. The monoisotopic (exact) mass is 432 g/mol. The first kappa shape index (κ1) is 18.8. The number of nitro benzene ring substituents is 1. The van der Waals surface area contributed by atoms with Crippen LogP contribution in [-0.2, 0) is 4.79 Å². The largest absolute Gasteiger partial charge is 0.358 e. The van der Waals surface area contributed by atoms with Crippen LogP contribution in [0.2, 0.25) is 0 Å². The molecule has 2 aromatic carbocycles. The SMILES string of the molecule is CNC(=O)CN1c2ccccc2C(=O)N(C)[C@H]1c1ccc(Br)c([N+](=O)[O-])c1. The number of carbonyl (C=O) groups is 2. The normalized spacial score (nSPS) is 16.1. The lowest BCUT2D eigenvalue weighted by molar-refractivity contribution is -0.385. The van der Waals surface area contributed by atoms with Crippen molar-refractivity contribution in [1.29, 1.82) is 0 Å². The Labute approximate surface area is 164 Å². The molecule has 0 aromatic heterocycles. The molecular formula is C18H17BrN4O4. The molecule has 0 saturated carbocycles. The lowest BCUT2D eigenvalue weighted by Crippen LogP contribution is -2.50. The van der Waals surface area contributed by atoms with E-state index >= 15 is 0 Å². The van der Waals surface area contributed by atoms with E-state index in [9.17, 15) is 19.7 Å². The fraction of sp³-hybridized carbons (Fsp3) is 0.222. The van der Waals surface area contributed by atoms with Crippen LogP contribution < -0.4 is 10.2 Å². The van der Waals surface area contributed by atoms with Crippen molar-refractivity contribution < 1.29 is 14.5 Å². The van der Waals surface area contributed by atoms with E-state index < -0.39 is 11.1 Å². The van der Waals surface area contributed by atoms with Gasteiger partial charge in [0.05, 0.1) is 27.2 Å². The van der Waals surface area contributed by atoms with Crippen molar-refractivity contribution in [3.63, 3.8) is 0 Å². The number of likely N-dealkylation sites (N-methyl/N-ethyl adjacent to an activating group) is 1. The van der Waals surface area contributed by atoms with E-state index in [2.05, 4.69) is 21.2 Å². The van der Waals surface area contributed by atoms with Gasteiger partial charge in [0.25, 0.3) is 11.6 Å². The summed E-state index contributed by atoms with van der Waals surface area (Å²) < 4.78 is 0.347. The van der Waals surface area contributed by atoms with Crippen LogP contribution in [0.3, 0.4) is 0 Å². The molecule has 0 unspecified atom stereocenters. The Morgan fingerprint density at radius 2 is 2.00 bits per heavy atom. The molecule has 0 spiro atoms. The minimum atomic E-state index is -0.656. The highest BCUT2D eigenvalue weighted by atomic mass is 79.9. The highest BCUT2D eigenvalue weighted by Gasteiger charge is 2.37. The number of benzene rings is 2. The van der Waals surface area contributed by atoms with Crippen molar-refractivity contribution in [3.05, 3.63) is 68.2 Å². The molecule has 27 heavy (non-hydrogen) atoms. The van der Waals surface area contributed by atoms with Gasteiger partial charge in [-0.3, -0.25) is 19.7 Å². The highest BCUT2D eigenvalue weighted by Crippen LogP contribution is 2.39. The molecule has 1 atom stereocenters. The number of carbonyl (C=O) groups excluding carboxylic acids is 2. The van der Waals surface area contributed by atoms with Crippen molar-refractivity contribution >= 4 is 39.1 Å². The summed E-state index contributed by atoms with van der Waals surface area (Å²) in [5.41, 5.74) is 1.53. The molecular weight excluding hydrogens is 416 g/mol. The third-order valence-corrected chi connectivity index (χ3v) is 5.15. The maximum Gasteiger partial charge on any atom is 0.283 e. The number of para-hydroxylation sites is 1. The van der Waals surface area contributed by atoms with E-state index in [-0.39, 0.29) is 24.0 Å². The van der Waals surface area contributed by atoms with Gasteiger partial charge in [0.15, 0.2) is 0 Å². The summed E-state index contributed by atoms with van der Waals surface area (Å²) in [6.45, 7) is -0.000336. The summed E-state index contributed by atoms with van der Waals surface area (Å²) in [7, 11) is 3.15. The first-order valence-electron chi connectivity index (χ1n) is 8.12. The summed E-state index contributed by atoms with van der Waals surface area (Å²) in [6.07, 6.45) is -0.656. The fourth-order valence-electron chi connectivity index (χ4n) is 3.19. The van der Waals surface area contributed by atoms with Crippen molar-refractivity contribution in [3.8, 4) is 0 Å². The molecule has 9 heteroatoms. The number of nitro groups is 1. The van der Waals surface area contributed by atoms with E-state index in [1.165, 1.54) is 18.0 Å². The first-order valence-corrected chi connectivity index (χ1v) is 8.91. The number of anilines is 1. The molecule has 0 bridgehead atoms. The quantitative estimate of drug-likeness (QED) is 0.591. The minimum absolute atomic E-state index is 0.000336. The van der Waals surface area contributed by atoms with E-state index in [0.717, 1.165) is 0 Å². The Morgan fingerprint density at radius 3 is 2.67 bits per heavy atom. The standard InChI is InChI=1S/C18H17BrN4O4/c1-20-16(24)10-22-14-6-4-3-5-12(14)18(25)21(2)17(22)11-7-8-13(19)15(9-11)23(26)27/h3-9,17H,10H2,1-2H3,(H,20,24)/t17-/m1/s1. The van der Waals surface area contributed by atoms with Crippen LogP contribution in [0.1, 0.15) is 22.1 Å². The molecule has 1 heterocycles. The molecule has 3 rings (SSSR count). The smallest absolute Gasteiger partial charge is 0.283 e. The number of halogens is 1. The van der Waals surface area contributed by atoms with Crippen LogP contribution in [0, 0.1) is 10.1 Å². The van der Waals surface area contributed by atoms with Crippen LogP contribution in [0.5, 0.6) is 0 Å². The molecule has 2 aromatic rings. The number of hydrogen-bond donors (Lipinski definition) is 1. The maximum atomic E-state index is 12.8. The van der Waals surface area contributed by atoms with Crippen LogP contribution >= 0.6 is 15.9 Å². The Balaban J connectivity index is 2.17. The van der Waals surface area contributed by atoms with Crippen LogP contribution in [-0.4, -0.2) is 42.3 Å². The van der Waals surface area contributed by atoms with E-state index in [0.29, 0.717) is 21.3 Å². The second-order valence-electron chi connectivity index (χ2n) is 6.08. The molecule has 2 amide bonds. The summed E-state index contributed by atoms with van der Waals surface area (Å²) >= 11 is 3.17. The second kappa shape index (κ2) is 7.36. The molecule has 0 fully saturated rings. The zero-order valence-electron chi connectivity index (χ0n) is 14.7. The summed E-state index contributed by atoms with van der Waals surface area (Å²) in [5, 5.41) is 13.9. The van der Waals surface area contributed by atoms with Crippen molar-refractivity contribution in [2.45, 2.75) is 6.17 Å². The van der Waals surface area contributed by atoms with Crippen LogP contribution in [0.15, 0.2) is 46.9 Å².